The first-order valence-corrected chi connectivity index (χ1v) is 37.3. The normalized spacial score (nSPS) is 11.9. The first kappa shape index (κ1) is 68.0. The molecule has 2 N–H and O–H groups in total. The molecule has 14 aromatic carbocycles. The fourth-order valence-electron chi connectivity index (χ4n) is 12.8. The fraction of sp³-hybridized carbons (Fsp3) is 0.0345. The summed E-state index contributed by atoms with van der Waals surface area (Å²) in [7, 11) is 0. The molecule has 0 radical (unpaired) electrons. The summed E-state index contributed by atoms with van der Waals surface area (Å²) in [6.45, 7) is 0.727. The SMILES string of the molecule is Brc1ccc(C(c2ccc(Br)cc2)c2ccc(Br)cc2)cc1.Brc1ccc(N(c2ccc(Br)cc2)c2ccc(N3c4ccccc4N(Cc4ccc(N5c6ccccc6Nc6ccccc65)cc4)c4ccccc43)cc2)cc1.Clc1ccc(Cl)cc1.c1ccc2c(c1)Cc1ccccc1N2. The third-order valence-electron chi connectivity index (χ3n) is 17.6. The Kier molecular flexibility index (Phi) is 21.5. The topological polar surface area (TPSA) is 37.0 Å². The standard InChI is InChI=1S/C49H35Br2N5.C19H13Br3.C13H11N.C6H4Cl2/c50-35-19-25-37(26-20-35)54(38-27-21-36(51)22-28-38)39-29-31-41(32-30-39)56-48-15-7-5-13-46(48)53(47-14-6-8-16-49(47)56)33-34-17-23-40(24-18-34)55-44-11-3-1-9-42(44)52-43-10-2-4-12-45(43)55;20-16-7-1-13(2-8-16)19(14-3-9-17(21)10-4-14)15-5-11-18(22)12-6-15;1-3-7-12-10(5-1)9-11-6-2-4-8-13(11)14-12;7-5-1-2-6(8)4-3-5/h1-32,52H,33H2;1-12,19H;1-8,14H,9H2;1-4H. The first-order chi connectivity index (χ1) is 48.9. The zero-order chi connectivity index (χ0) is 68.5. The van der Waals surface area contributed by atoms with Crippen molar-refractivity contribution in [2.45, 2.75) is 18.9 Å². The lowest BCUT2D eigenvalue weighted by molar-refractivity contribution is 0.956. The van der Waals surface area contributed by atoms with Gasteiger partial charge in [-0.25, -0.2) is 0 Å². The highest BCUT2D eigenvalue weighted by molar-refractivity contribution is 9.11. The second-order valence-electron chi connectivity index (χ2n) is 24.0. The minimum absolute atomic E-state index is 0.231. The smallest absolute Gasteiger partial charge is 0.0699 e. The molecule has 13 heteroatoms. The van der Waals surface area contributed by atoms with Gasteiger partial charge in [0.2, 0.25) is 0 Å². The number of halogens is 7. The highest BCUT2D eigenvalue weighted by atomic mass is 79.9. The molecule has 0 saturated heterocycles. The van der Waals surface area contributed by atoms with Gasteiger partial charge in [0.05, 0.1) is 45.5 Å². The van der Waals surface area contributed by atoms with Crippen molar-refractivity contribution < 1.29 is 0 Å². The van der Waals surface area contributed by atoms with Crippen LogP contribution in [0.1, 0.15) is 39.3 Å². The molecule has 0 amide bonds. The Bertz CT molecular complexity index is 4750. The Hall–Kier alpha value is -9.14. The number of para-hydroxylation sites is 10. The molecule has 3 heterocycles. The summed E-state index contributed by atoms with van der Waals surface area (Å²) in [5.41, 5.74) is 24.9. The van der Waals surface area contributed by atoms with E-state index in [2.05, 4.69) is 425 Å². The summed E-state index contributed by atoms with van der Waals surface area (Å²) in [4.78, 5) is 9.46. The van der Waals surface area contributed by atoms with E-state index >= 15 is 0 Å². The van der Waals surface area contributed by atoms with Crippen LogP contribution in [0.2, 0.25) is 10.0 Å². The lowest BCUT2D eigenvalue weighted by Gasteiger charge is -2.40. The van der Waals surface area contributed by atoms with Crippen molar-refractivity contribution in [2.24, 2.45) is 0 Å². The van der Waals surface area contributed by atoms with Crippen molar-refractivity contribution in [1.29, 1.82) is 0 Å². The van der Waals surface area contributed by atoms with Crippen LogP contribution in [0.15, 0.2) is 362 Å². The molecule has 0 fully saturated rings. The maximum atomic E-state index is 5.55. The fourth-order valence-corrected chi connectivity index (χ4v) is 14.4. The molecular formula is C87H63Br5Cl2N6. The summed E-state index contributed by atoms with van der Waals surface area (Å²) < 4.78 is 5.39. The summed E-state index contributed by atoms with van der Waals surface area (Å²) in [6.07, 6.45) is 1.04. The van der Waals surface area contributed by atoms with Gasteiger partial charge in [0.1, 0.15) is 0 Å². The Labute approximate surface area is 636 Å². The molecular weight excluding hydrogens is 1600 g/mol. The molecule has 0 saturated carbocycles. The zero-order valence-electron chi connectivity index (χ0n) is 53.8. The van der Waals surface area contributed by atoms with E-state index in [1.165, 1.54) is 44.8 Å². The van der Waals surface area contributed by atoms with Crippen LogP contribution in [0, 0.1) is 0 Å². The molecule has 3 aliphatic rings. The van der Waals surface area contributed by atoms with Crippen molar-refractivity contribution in [3.05, 3.63) is 406 Å². The molecule has 6 nitrogen and oxygen atoms in total. The third-order valence-corrected chi connectivity index (χ3v) is 20.7. The molecule has 0 spiro atoms. The lowest BCUT2D eigenvalue weighted by Crippen LogP contribution is -2.26. The summed E-state index contributed by atoms with van der Waals surface area (Å²) >= 11 is 28.9. The predicted octanol–water partition coefficient (Wildman–Crippen LogP) is 28.8. The van der Waals surface area contributed by atoms with Gasteiger partial charge in [0, 0.05) is 91.1 Å². The van der Waals surface area contributed by atoms with Crippen molar-refractivity contribution >= 4 is 188 Å². The van der Waals surface area contributed by atoms with Gasteiger partial charge in [0.25, 0.3) is 0 Å². The van der Waals surface area contributed by atoms with Crippen LogP contribution in [-0.2, 0) is 13.0 Å². The molecule has 0 atom stereocenters. The van der Waals surface area contributed by atoms with Gasteiger partial charge in [-0.05, 0) is 240 Å². The van der Waals surface area contributed by atoms with Gasteiger partial charge in [-0.15, -0.1) is 0 Å². The zero-order valence-corrected chi connectivity index (χ0v) is 63.2. The van der Waals surface area contributed by atoms with E-state index in [4.69, 9.17) is 23.2 Å². The van der Waals surface area contributed by atoms with Crippen LogP contribution >= 0.6 is 103 Å². The molecule has 0 unspecified atom stereocenters. The minimum Gasteiger partial charge on any atom is -0.355 e. The number of nitrogens with zero attached hydrogens (tertiary/aromatic N) is 4. The van der Waals surface area contributed by atoms with Crippen molar-refractivity contribution in [1.82, 2.24) is 0 Å². The molecule has 0 aromatic heterocycles. The average molecular weight is 1660 g/mol. The first-order valence-electron chi connectivity index (χ1n) is 32.6. The molecule has 0 aliphatic carbocycles. The van der Waals surface area contributed by atoms with Crippen LogP contribution in [-0.4, -0.2) is 0 Å². The minimum atomic E-state index is 0.231. The van der Waals surface area contributed by atoms with Crippen LogP contribution in [0.4, 0.5) is 85.3 Å². The van der Waals surface area contributed by atoms with Gasteiger partial charge in [0.15, 0.2) is 0 Å². The van der Waals surface area contributed by atoms with E-state index < -0.39 is 0 Å². The maximum absolute atomic E-state index is 5.55. The maximum Gasteiger partial charge on any atom is 0.0699 e. The number of hydrogen-bond donors (Lipinski definition) is 2. The molecule has 14 aromatic rings. The van der Waals surface area contributed by atoms with Crippen LogP contribution in [0.25, 0.3) is 0 Å². The quantitative estimate of drug-likeness (QED) is 0.133. The van der Waals surface area contributed by atoms with E-state index in [9.17, 15) is 0 Å². The Morgan fingerprint density at radius 1 is 0.300 bits per heavy atom. The Morgan fingerprint density at radius 3 is 0.980 bits per heavy atom. The van der Waals surface area contributed by atoms with E-state index in [-0.39, 0.29) is 5.92 Å². The number of anilines is 15. The monoisotopic (exact) mass is 1660 g/mol. The van der Waals surface area contributed by atoms with Crippen molar-refractivity contribution in [3.8, 4) is 0 Å². The van der Waals surface area contributed by atoms with Gasteiger partial charge in [-0.3, -0.25) is 0 Å². The second-order valence-corrected chi connectivity index (χ2v) is 29.5. The van der Waals surface area contributed by atoms with Gasteiger partial charge in [-0.1, -0.05) is 236 Å². The lowest BCUT2D eigenvalue weighted by atomic mass is 9.85. The summed E-state index contributed by atoms with van der Waals surface area (Å²) in [5.74, 6) is 0.231. The van der Waals surface area contributed by atoms with Crippen molar-refractivity contribution in [2.75, 3.05) is 30.2 Å². The largest absolute Gasteiger partial charge is 0.355 e. The van der Waals surface area contributed by atoms with E-state index in [0.29, 0.717) is 0 Å². The van der Waals surface area contributed by atoms with Crippen LogP contribution < -0.4 is 30.2 Å². The molecule has 490 valence electrons. The predicted molar refractivity (Wildman–Crippen MR) is 440 cm³/mol. The summed E-state index contributed by atoms with van der Waals surface area (Å²) in [6, 6.07) is 119. The van der Waals surface area contributed by atoms with Crippen LogP contribution in [0.5, 0.6) is 0 Å². The van der Waals surface area contributed by atoms with Crippen LogP contribution in [0.3, 0.4) is 0 Å². The molecule has 17 rings (SSSR count). The van der Waals surface area contributed by atoms with E-state index in [1.54, 1.807) is 24.3 Å². The van der Waals surface area contributed by atoms with E-state index in [1.807, 2.05) is 0 Å². The average Bonchev–Trinajstić information content (AvgIpc) is 0.746. The van der Waals surface area contributed by atoms with Gasteiger partial charge >= 0.3 is 0 Å². The molecule has 0 bridgehead atoms. The molecule has 100 heavy (non-hydrogen) atoms. The Balaban J connectivity index is 0.000000155. The van der Waals surface area contributed by atoms with E-state index in [0.717, 1.165) is 119 Å². The third kappa shape index (κ3) is 15.7. The number of benzene rings is 14. The number of hydrogen-bond acceptors (Lipinski definition) is 6. The van der Waals surface area contributed by atoms with Gasteiger partial charge in [-0.2, -0.15) is 0 Å². The molecule has 3 aliphatic heterocycles. The Morgan fingerprint density at radius 2 is 0.590 bits per heavy atom. The number of nitrogens with one attached hydrogen (secondary N) is 2. The second kappa shape index (κ2) is 31.6. The van der Waals surface area contributed by atoms with Gasteiger partial charge < -0.3 is 30.2 Å². The number of fused-ring (bicyclic) bond motifs is 6. The van der Waals surface area contributed by atoms with Crippen molar-refractivity contribution in [3.63, 3.8) is 0 Å². The number of rotatable bonds is 10. The highest BCUT2D eigenvalue weighted by Gasteiger charge is 2.30. The highest BCUT2D eigenvalue weighted by Crippen LogP contribution is 2.53. The summed E-state index contributed by atoms with van der Waals surface area (Å²) in [5, 5.41) is 8.48.